The van der Waals surface area contributed by atoms with E-state index < -0.39 is 0 Å². The summed E-state index contributed by atoms with van der Waals surface area (Å²) in [6, 6.07) is 6.35. The first kappa shape index (κ1) is 16.4. The fraction of sp³-hybridized carbons (Fsp3) is 0.600. The zero-order valence-corrected chi connectivity index (χ0v) is 12.8. The third kappa shape index (κ3) is 5.91. The van der Waals surface area contributed by atoms with E-state index in [9.17, 15) is 0 Å². The van der Waals surface area contributed by atoms with Crippen molar-refractivity contribution in [2.24, 2.45) is 0 Å². The van der Waals surface area contributed by atoms with Gasteiger partial charge < -0.3 is 14.8 Å². The first-order valence-electron chi connectivity index (χ1n) is 6.75. The normalized spacial score (nSPS) is 12.6. The highest BCUT2D eigenvalue weighted by Gasteiger charge is 2.12. The molecule has 4 heteroatoms. The topological polar surface area (TPSA) is 30.5 Å². The number of ether oxygens (including phenoxy) is 2. The molecule has 108 valence electrons. The number of nitrogens with one attached hydrogen (secondary N) is 1. The fourth-order valence-electron chi connectivity index (χ4n) is 1.76. The van der Waals surface area contributed by atoms with E-state index in [1.165, 1.54) is 5.56 Å². The van der Waals surface area contributed by atoms with Crippen molar-refractivity contribution in [1.29, 1.82) is 0 Å². The molecule has 0 aliphatic carbocycles. The van der Waals surface area contributed by atoms with Gasteiger partial charge in [0.25, 0.3) is 0 Å². The lowest BCUT2D eigenvalue weighted by Gasteiger charge is -2.19. The maximum atomic E-state index is 6.19. The van der Waals surface area contributed by atoms with E-state index in [2.05, 4.69) is 18.3 Å². The molecule has 0 saturated carbocycles. The molecule has 0 aromatic heterocycles. The average molecular weight is 286 g/mol. The quantitative estimate of drug-likeness (QED) is 0.706. The highest BCUT2D eigenvalue weighted by atomic mass is 35.5. The number of rotatable bonds is 9. The van der Waals surface area contributed by atoms with E-state index in [-0.39, 0.29) is 6.04 Å². The molecule has 0 radical (unpaired) electrons. The van der Waals surface area contributed by atoms with Gasteiger partial charge >= 0.3 is 0 Å². The van der Waals surface area contributed by atoms with Crippen LogP contribution in [-0.2, 0) is 9.47 Å². The van der Waals surface area contributed by atoms with Crippen LogP contribution >= 0.6 is 11.6 Å². The maximum Gasteiger partial charge on any atom is 0.0701 e. The van der Waals surface area contributed by atoms with Crippen LogP contribution in [0.3, 0.4) is 0 Å². The Kier molecular flexibility index (Phi) is 8.07. The third-order valence-electron chi connectivity index (χ3n) is 2.96. The number of halogens is 1. The van der Waals surface area contributed by atoms with Crippen molar-refractivity contribution in [3.8, 4) is 0 Å². The Morgan fingerprint density at radius 2 is 2.11 bits per heavy atom. The molecule has 0 heterocycles. The van der Waals surface area contributed by atoms with Gasteiger partial charge in [-0.25, -0.2) is 0 Å². The summed E-state index contributed by atoms with van der Waals surface area (Å²) >= 11 is 6.19. The van der Waals surface area contributed by atoms with Crippen LogP contribution in [0.1, 0.15) is 30.5 Å². The summed E-state index contributed by atoms with van der Waals surface area (Å²) < 4.78 is 10.6. The molecule has 19 heavy (non-hydrogen) atoms. The first-order valence-corrected chi connectivity index (χ1v) is 7.13. The van der Waals surface area contributed by atoms with Crippen LogP contribution in [0, 0.1) is 6.92 Å². The van der Waals surface area contributed by atoms with Crippen LogP contribution < -0.4 is 5.32 Å². The van der Waals surface area contributed by atoms with Gasteiger partial charge in [0.15, 0.2) is 0 Å². The maximum absolute atomic E-state index is 6.19. The van der Waals surface area contributed by atoms with Crippen molar-refractivity contribution < 1.29 is 9.47 Å². The first-order chi connectivity index (χ1) is 9.19. The second-order valence-corrected chi connectivity index (χ2v) is 4.99. The molecule has 1 atom stereocenters. The summed E-state index contributed by atoms with van der Waals surface area (Å²) in [5, 5.41) is 4.29. The minimum absolute atomic E-state index is 0.176. The molecule has 0 aliphatic heterocycles. The molecule has 1 rings (SSSR count). The van der Waals surface area contributed by atoms with Gasteiger partial charge in [-0.05, 0) is 37.1 Å². The molecule has 0 aliphatic rings. The van der Waals surface area contributed by atoms with Crippen LogP contribution in [-0.4, -0.2) is 33.5 Å². The minimum atomic E-state index is 0.176. The van der Waals surface area contributed by atoms with Gasteiger partial charge in [-0.15, -0.1) is 0 Å². The lowest BCUT2D eigenvalue weighted by molar-refractivity contribution is 0.0586. The lowest BCUT2D eigenvalue weighted by Crippen LogP contribution is -2.27. The molecule has 1 N–H and O–H groups in total. The Morgan fingerprint density at radius 3 is 2.74 bits per heavy atom. The van der Waals surface area contributed by atoms with Crippen molar-refractivity contribution in [3.63, 3.8) is 0 Å². The second kappa shape index (κ2) is 9.32. The Hall–Kier alpha value is -0.610. The Labute approximate surface area is 121 Å². The van der Waals surface area contributed by atoms with Gasteiger partial charge in [-0.1, -0.05) is 30.7 Å². The Morgan fingerprint density at radius 1 is 1.32 bits per heavy atom. The zero-order chi connectivity index (χ0) is 14.1. The number of aryl methyl sites for hydroxylation is 1. The SMILES string of the molecule is CCCNC(COCCOC)c1ccc(C)c(Cl)c1. The Bertz CT molecular complexity index is 371. The number of hydrogen-bond donors (Lipinski definition) is 1. The summed E-state index contributed by atoms with van der Waals surface area (Å²) in [5.41, 5.74) is 2.27. The van der Waals surface area contributed by atoms with Crippen molar-refractivity contribution in [2.45, 2.75) is 26.3 Å². The molecule has 1 aromatic carbocycles. The van der Waals surface area contributed by atoms with E-state index in [1.807, 2.05) is 19.1 Å². The standard InChI is InChI=1S/C15H24ClNO2/c1-4-7-17-15(11-19-9-8-18-3)13-6-5-12(2)14(16)10-13/h5-6,10,15,17H,4,7-9,11H2,1-3H3. The van der Waals surface area contributed by atoms with Gasteiger partial charge in [0.05, 0.1) is 25.9 Å². The van der Waals surface area contributed by atoms with E-state index >= 15 is 0 Å². The minimum Gasteiger partial charge on any atom is -0.382 e. The van der Waals surface area contributed by atoms with Gasteiger partial charge in [-0.2, -0.15) is 0 Å². The van der Waals surface area contributed by atoms with E-state index in [0.29, 0.717) is 19.8 Å². The van der Waals surface area contributed by atoms with Gasteiger partial charge in [0, 0.05) is 12.1 Å². The summed E-state index contributed by atoms with van der Waals surface area (Å²) in [6.45, 7) is 6.98. The second-order valence-electron chi connectivity index (χ2n) is 4.58. The predicted octanol–water partition coefficient (Wildman–Crippen LogP) is 3.35. The summed E-state index contributed by atoms with van der Waals surface area (Å²) in [5.74, 6) is 0. The molecular formula is C15H24ClNO2. The average Bonchev–Trinajstić information content (AvgIpc) is 2.41. The Balaban J connectivity index is 2.63. The van der Waals surface area contributed by atoms with Crippen molar-refractivity contribution in [3.05, 3.63) is 34.3 Å². The van der Waals surface area contributed by atoms with Crippen molar-refractivity contribution in [2.75, 3.05) is 33.5 Å². The molecule has 0 saturated heterocycles. The smallest absolute Gasteiger partial charge is 0.0701 e. The van der Waals surface area contributed by atoms with E-state index in [4.69, 9.17) is 21.1 Å². The monoisotopic (exact) mass is 285 g/mol. The van der Waals surface area contributed by atoms with Crippen LogP contribution in [0.25, 0.3) is 0 Å². The van der Waals surface area contributed by atoms with Crippen LogP contribution in [0.4, 0.5) is 0 Å². The van der Waals surface area contributed by atoms with Crippen molar-refractivity contribution in [1.82, 2.24) is 5.32 Å². The molecule has 1 aromatic rings. The van der Waals surface area contributed by atoms with Gasteiger partial charge in [0.1, 0.15) is 0 Å². The van der Waals surface area contributed by atoms with Crippen LogP contribution in [0.15, 0.2) is 18.2 Å². The highest BCUT2D eigenvalue weighted by Crippen LogP contribution is 2.21. The van der Waals surface area contributed by atoms with E-state index in [0.717, 1.165) is 23.6 Å². The molecule has 0 amide bonds. The molecule has 0 fully saturated rings. The third-order valence-corrected chi connectivity index (χ3v) is 3.36. The lowest BCUT2D eigenvalue weighted by atomic mass is 10.1. The molecular weight excluding hydrogens is 262 g/mol. The number of benzene rings is 1. The predicted molar refractivity (Wildman–Crippen MR) is 79.9 cm³/mol. The van der Waals surface area contributed by atoms with Gasteiger partial charge in [-0.3, -0.25) is 0 Å². The largest absolute Gasteiger partial charge is 0.382 e. The summed E-state index contributed by atoms with van der Waals surface area (Å²) in [7, 11) is 1.68. The molecule has 1 unspecified atom stereocenters. The molecule has 0 spiro atoms. The van der Waals surface area contributed by atoms with Crippen molar-refractivity contribution >= 4 is 11.6 Å². The van der Waals surface area contributed by atoms with E-state index in [1.54, 1.807) is 7.11 Å². The van der Waals surface area contributed by atoms with Crippen LogP contribution in [0.5, 0.6) is 0 Å². The molecule has 3 nitrogen and oxygen atoms in total. The number of hydrogen-bond acceptors (Lipinski definition) is 3. The zero-order valence-electron chi connectivity index (χ0n) is 12.0. The summed E-state index contributed by atoms with van der Waals surface area (Å²) in [4.78, 5) is 0. The number of methoxy groups -OCH3 is 1. The fourth-order valence-corrected chi connectivity index (χ4v) is 1.95. The summed E-state index contributed by atoms with van der Waals surface area (Å²) in [6.07, 6.45) is 1.09. The molecule has 0 bridgehead atoms. The van der Waals surface area contributed by atoms with Crippen LogP contribution in [0.2, 0.25) is 5.02 Å². The highest BCUT2D eigenvalue weighted by molar-refractivity contribution is 6.31. The van der Waals surface area contributed by atoms with Gasteiger partial charge in [0.2, 0.25) is 0 Å².